The number of aliphatic hydroxyl groups is 1. The van der Waals surface area contributed by atoms with Gasteiger partial charge in [0.05, 0.1) is 13.7 Å². The van der Waals surface area contributed by atoms with E-state index in [9.17, 15) is 4.39 Å². The Balaban J connectivity index is 2.19. The van der Waals surface area contributed by atoms with Gasteiger partial charge in [-0.05, 0) is 35.9 Å². The van der Waals surface area contributed by atoms with Gasteiger partial charge in [-0.1, -0.05) is 17.7 Å². The molecule has 0 saturated heterocycles. The van der Waals surface area contributed by atoms with E-state index >= 15 is 0 Å². The van der Waals surface area contributed by atoms with Crippen LogP contribution in [0.4, 0.5) is 4.39 Å². The average molecular weight is 297 g/mol. The molecular formula is C15H14ClFO3. The van der Waals surface area contributed by atoms with Crippen LogP contribution in [0.1, 0.15) is 11.1 Å². The second-order valence-electron chi connectivity index (χ2n) is 4.17. The molecule has 106 valence electrons. The van der Waals surface area contributed by atoms with Crippen LogP contribution in [-0.4, -0.2) is 12.2 Å². The third-order valence-corrected chi connectivity index (χ3v) is 3.04. The maximum atomic E-state index is 13.6. The summed E-state index contributed by atoms with van der Waals surface area (Å²) in [6, 6.07) is 9.36. The van der Waals surface area contributed by atoms with Gasteiger partial charge in [0.1, 0.15) is 12.4 Å². The van der Waals surface area contributed by atoms with Crippen molar-refractivity contribution >= 4 is 11.6 Å². The van der Waals surface area contributed by atoms with Crippen LogP contribution >= 0.6 is 11.6 Å². The van der Waals surface area contributed by atoms with E-state index in [1.165, 1.54) is 25.3 Å². The molecule has 3 nitrogen and oxygen atoms in total. The van der Waals surface area contributed by atoms with Gasteiger partial charge in [0.2, 0.25) is 0 Å². The van der Waals surface area contributed by atoms with E-state index in [1.807, 2.05) is 0 Å². The first-order chi connectivity index (χ1) is 9.63. The molecule has 0 saturated carbocycles. The van der Waals surface area contributed by atoms with E-state index in [4.69, 9.17) is 26.2 Å². The Kier molecular flexibility index (Phi) is 4.82. The van der Waals surface area contributed by atoms with E-state index in [2.05, 4.69) is 0 Å². The highest BCUT2D eigenvalue weighted by molar-refractivity contribution is 6.30. The molecule has 5 heteroatoms. The van der Waals surface area contributed by atoms with Gasteiger partial charge in [0.25, 0.3) is 0 Å². The zero-order chi connectivity index (χ0) is 14.5. The van der Waals surface area contributed by atoms with Crippen molar-refractivity contribution in [1.82, 2.24) is 0 Å². The minimum Gasteiger partial charge on any atom is -0.493 e. The molecule has 2 aromatic rings. The molecule has 2 aromatic carbocycles. The van der Waals surface area contributed by atoms with Gasteiger partial charge in [0, 0.05) is 10.6 Å². The molecule has 0 unspecified atom stereocenters. The molecule has 0 aliphatic carbocycles. The molecule has 0 amide bonds. The minimum absolute atomic E-state index is 0.0254. The lowest BCUT2D eigenvalue weighted by Crippen LogP contribution is -2.01. The Hall–Kier alpha value is -1.78. The summed E-state index contributed by atoms with van der Waals surface area (Å²) < 4.78 is 24.3. The van der Waals surface area contributed by atoms with Crippen LogP contribution in [0, 0.1) is 5.82 Å². The van der Waals surface area contributed by atoms with Crippen LogP contribution in [0.5, 0.6) is 11.5 Å². The van der Waals surface area contributed by atoms with Crippen molar-refractivity contribution < 1.29 is 19.0 Å². The minimum atomic E-state index is -0.383. The van der Waals surface area contributed by atoms with E-state index in [-0.39, 0.29) is 19.0 Å². The Morgan fingerprint density at radius 1 is 1.15 bits per heavy atom. The summed E-state index contributed by atoms with van der Waals surface area (Å²) >= 11 is 5.82. The molecular weight excluding hydrogens is 283 g/mol. The first-order valence-electron chi connectivity index (χ1n) is 5.98. The Labute approximate surface area is 121 Å². The Morgan fingerprint density at radius 3 is 2.65 bits per heavy atom. The second-order valence-corrected chi connectivity index (χ2v) is 4.60. The summed E-state index contributed by atoms with van der Waals surface area (Å²) in [7, 11) is 1.51. The van der Waals surface area contributed by atoms with Crippen LogP contribution in [0.25, 0.3) is 0 Å². The zero-order valence-electron chi connectivity index (χ0n) is 10.9. The van der Waals surface area contributed by atoms with Gasteiger partial charge < -0.3 is 14.6 Å². The van der Waals surface area contributed by atoms with Crippen LogP contribution in [0.3, 0.4) is 0 Å². The zero-order valence-corrected chi connectivity index (χ0v) is 11.7. The van der Waals surface area contributed by atoms with E-state index < -0.39 is 0 Å². The van der Waals surface area contributed by atoms with Gasteiger partial charge in [-0.25, -0.2) is 4.39 Å². The van der Waals surface area contributed by atoms with Gasteiger partial charge in [-0.15, -0.1) is 0 Å². The topological polar surface area (TPSA) is 38.7 Å². The fourth-order valence-electron chi connectivity index (χ4n) is 1.74. The Morgan fingerprint density at radius 2 is 1.95 bits per heavy atom. The van der Waals surface area contributed by atoms with Crippen molar-refractivity contribution in [2.45, 2.75) is 13.2 Å². The molecule has 0 atom stereocenters. The van der Waals surface area contributed by atoms with Crippen LogP contribution in [0.15, 0.2) is 36.4 Å². The normalized spacial score (nSPS) is 10.4. The number of hydrogen-bond donors (Lipinski definition) is 1. The fraction of sp³-hybridized carbons (Fsp3) is 0.200. The summed E-state index contributed by atoms with van der Waals surface area (Å²) in [5, 5.41) is 9.56. The smallest absolute Gasteiger partial charge is 0.162 e. The lowest BCUT2D eigenvalue weighted by molar-refractivity contribution is 0.269. The third-order valence-electron chi connectivity index (χ3n) is 2.80. The average Bonchev–Trinajstić information content (AvgIpc) is 2.47. The molecule has 0 spiro atoms. The van der Waals surface area contributed by atoms with Crippen molar-refractivity contribution in [2.75, 3.05) is 7.11 Å². The van der Waals surface area contributed by atoms with Crippen molar-refractivity contribution in [3.8, 4) is 11.5 Å². The Bertz CT molecular complexity index is 602. The summed E-state index contributed by atoms with van der Waals surface area (Å²) in [5.74, 6) is 0.578. The van der Waals surface area contributed by atoms with Crippen LogP contribution in [-0.2, 0) is 13.2 Å². The van der Waals surface area contributed by atoms with Crippen LogP contribution < -0.4 is 9.47 Å². The molecule has 0 radical (unpaired) electrons. The van der Waals surface area contributed by atoms with Gasteiger partial charge in [0.15, 0.2) is 11.5 Å². The SMILES string of the molecule is COc1ccc(CO)cc1OCc1cc(Cl)ccc1F. The maximum absolute atomic E-state index is 13.6. The molecule has 20 heavy (non-hydrogen) atoms. The summed E-state index contributed by atoms with van der Waals surface area (Å²) in [4.78, 5) is 0. The number of rotatable bonds is 5. The maximum Gasteiger partial charge on any atom is 0.162 e. The predicted octanol–water partition coefficient (Wildman–Crippen LogP) is 3.56. The largest absolute Gasteiger partial charge is 0.493 e. The molecule has 0 aliphatic heterocycles. The summed E-state index contributed by atoms with van der Waals surface area (Å²) in [6.45, 7) is -0.0798. The molecule has 0 fully saturated rings. The number of hydrogen-bond acceptors (Lipinski definition) is 3. The molecule has 2 rings (SSSR count). The van der Waals surface area contributed by atoms with E-state index in [1.54, 1.807) is 18.2 Å². The molecule has 0 heterocycles. The van der Waals surface area contributed by atoms with Gasteiger partial charge in [-0.3, -0.25) is 0 Å². The first-order valence-corrected chi connectivity index (χ1v) is 6.36. The number of aliphatic hydroxyl groups excluding tert-OH is 1. The highest BCUT2D eigenvalue weighted by atomic mass is 35.5. The quantitative estimate of drug-likeness (QED) is 0.917. The monoisotopic (exact) mass is 296 g/mol. The highest BCUT2D eigenvalue weighted by Crippen LogP contribution is 2.29. The number of methoxy groups -OCH3 is 1. The van der Waals surface area contributed by atoms with Gasteiger partial charge >= 0.3 is 0 Å². The molecule has 1 N–H and O–H groups in total. The lowest BCUT2D eigenvalue weighted by Gasteiger charge is -2.12. The summed E-state index contributed by atoms with van der Waals surface area (Å²) in [5.41, 5.74) is 1.04. The fourth-order valence-corrected chi connectivity index (χ4v) is 1.94. The van der Waals surface area contributed by atoms with Crippen molar-refractivity contribution in [3.05, 3.63) is 58.4 Å². The molecule has 0 aliphatic rings. The summed E-state index contributed by atoms with van der Waals surface area (Å²) in [6.07, 6.45) is 0. The standard InChI is InChI=1S/C15H14ClFO3/c1-19-14-5-2-10(8-18)6-15(14)20-9-11-7-12(16)3-4-13(11)17/h2-7,18H,8-9H2,1H3. The number of benzene rings is 2. The van der Waals surface area contributed by atoms with Crippen molar-refractivity contribution in [2.24, 2.45) is 0 Å². The van der Waals surface area contributed by atoms with Gasteiger partial charge in [-0.2, -0.15) is 0 Å². The van der Waals surface area contributed by atoms with Crippen LogP contribution in [0.2, 0.25) is 5.02 Å². The highest BCUT2D eigenvalue weighted by Gasteiger charge is 2.08. The van der Waals surface area contributed by atoms with Crippen molar-refractivity contribution in [3.63, 3.8) is 0 Å². The third kappa shape index (κ3) is 3.40. The molecule has 0 aromatic heterocycles. The molecule has 0 bridgehead atoms. The number of halogens is 2. The second kappa shape index (κ2) is 6.59. The first kappa shape index (κ1) is 14.6. The van der Waals surface area contributed by atoms with Crippen molar-refractivity contribution in [1.29, 1.82) is 0 Å². The van der Waals surface area contributed by atoms with E-state index in [0.717, 1.165) is 0 Å². The number of ether oxygens (including phenoxy) is 2. The van der Waals surface area contributed by atoms with E-state index in [0.29, 0.717) is 27.6 Å². The lowest BCUT2D eigenvalue weighted by atomic mass is 10.2. The predicted molar refractivity (Wildman–Crippen MR) is 74.7 cm³/mol.